The van der Waals surface area contributed by atoms with E-state index in [0.717, 1.165) is 10.8 Å². The maximum atomic E-state index is 11.4. The first kappa shape index (κ1) is 12.4. The van der Waals surface area contributed by atoms with Gasteiger partial charge in [0.25, 0.3) is 0 Å². The topological polar surface area (TPSA) is 80.7 Å². The van der Waals surface area contributed by atoms with E-state index in [2.05, 4.69) is 0 Å². The van der Waals surface area contributed by atoms with E-state index < -0.39 is 15.8 Å². The monoisotopic (exact) mass is 266 g/mol. The van der Waals surface area contributed by atoms with Crippen molar-refractivity contribution in [3.63, 3.8) is 0 Å². The molecule has 0 aliphatic carbocycles. The SMILES string of the molecule is COc1cccc(C2=CS(=O)(=O)C=C2C(=O)O)c1. The molecular formula is C12H10O5S. The van der Waals surface area contributed by atoms with Crippen LogP contribution in [0.2, 0.25) is 0 Å². The molecule has 6 heteroatoms. The van der Waals surface area contributed by atoms with Crippen LogP contribution in [0.1, 0.15) is 5.56 Å². The van der Waals surface area contributed by atoms with E-state index in [0.29, 0.717) is 11.3 Å². The highest BCUT2D eigenvalue weighted by atomic mass is 32.2. The molecule has 0 aromatic heterocycles. The zero-order chi connectivity index (χ0) is 13.3. The number of aliphatic carboxylic acids is 1. The van der Waals surface area contributed by atoms with Crippen molar-refractivity contribution in [2.45, 2.75) is 0 Å². The molecule has 0 saturated carbocycles. The maximum absolute atomic E-state index is 11.4. The Morgan fingerprint density at radius 2 is 2.00 bits per heavy atom. The van der Waals surface area contributed by atoms with E-state index in [-0.39, 0.29) is 11.1 Å². The van der Waals surface area contributed by atoms with Crippen LogP contribution in [0, 0.1) is 0 Å². The molecule has 0 bridgehead atoms. The number of methoxy groups -OCH3 is 1. The van der Waals surface area contributed by atoms with Gasteiger partial charge in [-0.25, -0.2) is 13.2 Å². The first-order valence-electron chi connectivity index (χ1n) is 4.99. The molecule has 0 amide bonds. The first-order valence-corrected chi connectivity index (χ1v) is 6.60. The van der Waals surface area contributed by atoms with Gasteiger partial charge in [-0.15, -0.1) is 0 Å². The number of hydrogen-bond acceptors (Lipinski definition) is 4. The second-order valence-corrected chi connectivity index (χ2v) is 5.34. The van der Waals surface area contributed by atoms with Crippen LogP contribution in [-0.2, 0) is 14.6 Å². The first-order chi connectivity index (χ1) is 8.43. The molecule has 0 unspecified atom stereocenters. The lowest BCUT2D eigenvalue weighted by Gasteiger charge is -2.06. The fourth-order valence-electron chi connectivity index (χ4n) is 1.67. The molecule has 0 saturated heterocycles. The summed E-state index contributed by atoms with van der Waals surface area (Å²) < 4.78 is 27.9. The number of hydrogen-bond donors (Lipinski definition) is 1. The Hall–Kier alpha value is -2.08. The van der Waals surface area contributed by atoms with Crippen LogP contribution >= 0.6 is 0 Å². The normalized spacial score (nSPS) is 16.9. The number of sulfone groups is 1. The van der Waals surface area contributed by atoms with E-state index in [1.807, 2.05) is 0 Å². The molecule has 94 valence electrons. The van der Waals surface area contributed by atoms with E-state index in [9.17, 15) is 13.2 Å². The van der Waals surface area contributed by atoms with Crippen molar-refractivity contribution in [2.75, 3.05) is 7.11 Å². The van der Waals surface area contributed by atoms with Crippen LogP contribution in [-0.4, -0.2) is 26.6 Å². The highest BCUT2D eigenvalue weighted by molar-refractivity contribution is 7.97. The summed E-state index contributed by atoms with van der Waals surface area (Å²) in [5, 5.41) is 10.7. The van der Waals surface area contributed by atoms with Gasteiger partial charge in [0.1, 0.15) is 5.75 Å². The largest absolute Gasteiger partial charge is 0.497 e. The van der Waals surface area contributed by atoms with Crippen molar-refractivity contribution in [3.8, 4) is 5.75 Å². The minimum absolute atomic E-state index is 0.168. The average Bonchev–Trinajstić information content (AvgIpc) is 2.66. The molecule has 0 spiro atoms. The lowest BCUT2D eigenvalue weighted by molar-refractivity contribution is -0.132. The Kier molecular flexibility index (Phi) is 2.96. The van der Waals surface area contributed by atoms with Crippen LogP contribution in [0.5, 0.6) is 5.75 Å². The summed E-state index contributed by atoms with van der Waals surface area (Å²) in [5.74, 6) is -0.743. The Balaban J connectivity index is 2.57. The van der Waals surface area contributed by atoms with Gasteiger partial charge in [-0.05, 0) is 17.7 Å². The van der Waals surface area contributed by atoms with Crippen molar-refractivity contribution in [1.82, 2.24) is 0 Å². The lowest BCUT2D eigenvalue weighted by atomic mass is 10.0. The zero-order valence-electron chi connectivity index (χ0n) is 9.45. The van der Waals surface area contributed by atoms with Crippen LogP contribution < -0.4 is 4.74 Å². The quantitative estimate of drug-likeness (QED) is 0.895. The number of benzene rings is 1. The highest BCUT2D eigenvalue weighted by Gasteiger charge is 2.26. The third-order valence-electron chi connectivity index (χ3n) is 2.47. The van der Waals surface area contributed by atoms with E-state index in [4.69, 9.17) is 9.84 Å². The van der Waals surface area contributed by atoms with Crippen LogP contribution in [0.25, 0.3) is 5.57 Å². The molecule has 1 heterocycles. The fourth-order valence-corrected chi connectivity index (χ4v) is 2.89. The van der Waals surface area contributed by atoms with Gasteiger partial charge >= 0.3 is 5.97 Å². The Morgan fingerprint density at radius 3 is 2.61 bits per heavy atom. The summed E-state index contributed by atoms with van der Waals surface area (Å²) in [7, 11) is -2.12. The second kappa shape index (κ2) is 4.30. The molecule has 1 N–H and O–H groups in total. The second-order valence-electron chi connectivity index (χ2n) is 3.69. The van der Waals surface area contributed by atoms with Gasteiger partial charge in [0.2, 0.25) is 0 Å². The highest BCUT2D eigenvalue weighted by Crippen LogP contribution is 2.32. The zero-order valence-corrected chi connectivity index (χ0v) is 10.3. The molecule has 1 aliphatic heterocycles. The van der Waals surface area contributed by atoms with Crippen molar-refractivity contribution < 1.29 is 23.1 Å². The predicted molar refractivity (Wildman–Crippen MR) is 65.6 cm³/mol. The number of carbonyl (C=O) groups is 1. The fraction of sp³-hybridized carbons (Fsp3) is 0.0833. The summed E-state index contributed by atoms with van der Waals surface area (Å²) in [4.78, 5) is 11.0. The number of ether oxygens (including phenoxy) is 1. The molecule has 1 aromatic rings. The summed E-state index contributed by atoms with van der Waals surface area (Å²) in [6.07, 6.45) is 0. The molecule has 5 nitrogen and oxygen atoms in total. The Bertz CT molecular complexity index is 667. The third-order valence-corrected chi connectivity index (χ3v) is 3.59. The van der Waals surface area contributed by atoms with E-state index in [1.54, 1.807) is 24.3 Å². The van der Waals surface area contributed by atoms with Crippen LogP contribution in [0.15, 0.2) is 40.7 Å². The Labute approximate surface area is 104 Å². The Morgan fingerprint density at radius 1 is 1.28 bits per heavy atom. The van der Waals surface area contributed by atoms with Crippen LogP contribution in [0.4, 0.5) is 0 Å². The standard InChI is InChI=1S/C12H10O5S/c1-17-9-4-2-3-8(5-9)10-6-18(15,16)7-11(10)12(13)14/h2-7H,1H3,(H,13,14). The number of carboxylic acids is 1. The lowest BCUT2D eigenvalue weighted by Crippen LogP contribution is -2.01. The number of carboxylic acid groups (broad SMARTS) is 1. The number of rotatable bonds is 3. The van der Waals surface area contributed by atoms with Gasteiger partial charge in [-0.3, -0.25) is 0 Å². The molecule has 2 rings (SSSR count). The summed E-state index contributed by atoms with van der Waals surface area (Å²) in [6, 6.07) is 6.58. The van der Waals surface area contributed by atoms with Gasteiger partial charge < -0.3 is 9.84 Å². The summed E-state index contributed by atoms with van der Waals surface area (Å²) >= 11 is 0. The predicted octanol–water partition coefficient (Wildman–Crippen LogP) is 1.43. The van der Waals surface area contributed by atoms with Gasteiger partial charge in [0, 0.05) is 11.0 Å². The van der Waals surface area contributed by atoms with Crippen LogP contribution in [0.3, 0.4) is 0 Å². The van der Waals surface area contributed by atoms with E-state index in [1.165, 1.54) is 7.11 Å². The van der Waals surface area contributed by atoms with Gasteiger partial charge in [0.15, 0.2) is 9.84 Å². The molecular weight excluding hydrogens is 256 g/mol. The van der Waals surface area contributed by atoms with Crippen molar-refractivity contribution in [1.29, 1.82) is 0 Å². The minimum atomic E-state index is -3.60. The molecule has 0 fully saturated rings. The summed E-state index contributed by atoms with van der Waals surface area (Å²) in [6.45, 7) is 0. The van der Waals surface area contributed by atoms with Crippen molar-refractivity contribution in [2.24, 2.45) is 0 Å². The molecule has 0 radical (unpaired) electrons. The van der Waals surface area contributed by atoms with Crippen molar-refractivity contribution in [3.05, 3.63) is 46.2 Å². The minimum Gasteiger partial charge on any atom is -0.497 e. The van der Waals surface area contributed by atoms with E-state index >= 15 is 0 Å². The van der Waals surface area contributed by atoms with Gasteiger partial charge in [-0.1, -0.05) is 12.1 Å². The maximum Gasteiger partial charge on any atom is 0.337 e. The molecule has 18 heavy (non-hydrogen) atoms. The summed E-state index contributed by atoms with van der Waals surface area (Å²) in [5.41, 5.74) is 0.425. The molecule has 0 atom stereocenters. The van der Waals surface area contributed by atoms with Crippen molar-refractivity contribution >= 4 is 21.4 Å². The average molecular weight is 266 g/mol. The molecule has 1 aliphatic rings. The van der Waals surface area contributed by atoms with Gasteiger partial charge in [-0.2, -0.15) is 0 Å². The molecule has 1 aromatic carbocycles. The third kappa shape index (κ3) is 2.28. The van der Waals surface area contributed by atoms with Gasteiger partial charge in [0.05, 0.1) is 18.1 Å². The smallest absolute Gasteiger partial charge is 0.337 e.